The minimum Gasteiger partial charge on any atom is -0.331 e. The Hall–Kier alpha value is -3.18. The maximum absolute atomic E-state index is 12.2. The van der Waals surface area contributed by atoms with Crippen molar-refractivity contribution < 1.29 is 14.4 Å². The number of hydrogen-bond donors (Lipinski definition) is 4. The summed E-state index contributed by atoms with van der Waals surface area (Å²) in [5.74, 6) is -1.12. The van der Waals surface area contributed by atoms with E-state index in [1.165, 1.54) is 6.92 Å². The number of rotatable bonds is 5. The van der Waals surface area contributed by atoms with Gasteiger partial charge in [0.25, 0.3) is 5.91 Å². The maximum Gasteiger partial charge on any atom is 0.267 e. The average Bonchev–Trinajstić information content (AvgIpc) is 2.64. The molecule has 0 radical (unpaired) electrons. The second kappa shape index (κ2) is 9.34. The Bertz CT molecular complexity index is 743. The molecular formula is C18H21N5O3. The Kier molecular flexibility index (Phi) is 6.88. The first-order valence-electron chi connectivity index (χ1n) is 8.30. The van der Waals surface area contributed by atoms with Crippen molar-refractivity contribution in [3.05, 3.63) is 36.0 Å². The molecule has 0 unspecified atom stereocenters. The highest BCUT2D eigenvalue weighted by molar-refractivity contribution is 6.06. The van der Waals surface area contributed by atoms with E-state index in [-0.39, 0.29) is 23.3 Å². The quantitative estimate of drug-likeness (QED) is 0.465. The first-order valence-corrected chi connectivity index (χ1v) is 8.30. The van der Waals surface area contributed by atoms with Gasteiger partial charge in [-0.25, -0.2) is 0 Å². The Morgan fingerprint density at radius 1 is 1.12 bits per heavy atom. The van der Waals surface area contributed by atoms with Gasteiger partial charge in [0, 0.05) is 30.4 Å². The van der Waals surface area contributed by atoms with Crippen LogP contribution < -0.4 is 21.3 Å². The van der Waals surface area contributed by atoms with Crippen molar-refractivity contribution >= 4 is 29.1 Å². The first-order chi connectivity index (χ1) is 12.5. The predicted molar refractivity (Wildman–Crippen MR) is 96.8 cm³/mol. The fourth-order valence-electron chi connectivity index (χ4n) is 2.53. The molecule has 136 valence electrons. The van der Waals surface area contributed by atoms with Gasteiger partial charge in [-0.3, -0.25) is 14.4 Å². The van der Waals surface area contributed by atoms with Crippen molar-refractivity contribution in [3.8, 4) is 6.07 Å². The molecule has 1 heterocycles. The fraction of sp³-hybridized carbons (Fsp3) is 0.333. The second-order valence-electron chi connectivity index (χ2n) is 5.92. The van der Waals surface area contributed by atoms with Crippen molar-refractivity contribution in [1.29, 1.82) is 5.26 Å². The number of hydrogen-bond acceptors (Lipinski definition) is 5. The standard InChI is InChI=1S/C18H21N5O3/c1-12(24)22-15-2-4-16(5-3-15)23-18(26)14(10-19)11-21-17(25)13-6-8-20-9-7-13/h2-5,11,13,20H,6-9H2,1H3,(H,21,25)(H,22,24)(H,23,26)/b14-11-. The van der Waals surface area contributed by atoms with Crippen LogP contribution in [0.1, 0.15) is 19.8 Å². The van der Waals surface area contributed by atoms with Gasteiger partial charge < -0.3 is 21.3 Å². The van der Waals surface area contributed by atoms with Crippen LogP contribution in [0.15, 0.2) is 36.0 Å². The van der Waals surface area contributed by atoms with E-state index in [4.69, 9.17) is 5.26 Å². The Labute approximate surface area is 151 Å². The number of nitriles is 1. The summed E-state index contributed by atoms with van der Waals surface area (Å²) in [6, 6.07) is 8.25. The van der Waals surface area contributed by atoms with E-state index in [0.717, 1.165) is 32.1 Å². The van der Waals surface area contributed by atoms with Crippen molar-refractivity contribution in [1.82, 2.24) is 10.6 Å². The molecule has 1 saturated heterocycles. The molecule has 8 heteroatoms. The number of carbonyl (C=O) groups is 3. The van der Waals surface area contributed by atoms with Crippen LogP contribution in [0, 0.1) is 17.2 Å². The number of nitrogens with zero attached hydrogens (tertiary/aromatic N) is 1. The largest absolute Gasteiger partial charge is 0.331 e. The summed E-state index contributed by atoms with van der Waals surface area (Å²) >= 11 is 0. The summed E-state index contributed by atoms with van der Waals surface area (Å²) in [4.78, 5) is 35.2. The van der Waals surface area contributed by atoms with E-state index in [2.05, 4.69) is 21.3 Å². The van der Waals surface area contributed by atoms with Crippen LogP contribution >= 0.6 is 0 Å². The van der Waals surface area contributed by atoms with E-state index in [1.54, 1.807) is 30.3 Å². The lowest BCUT2D eigenvalue weighted by atomic mass is 9.97. The molecule has 0 spiro atoms. The number of amides is 3. The van der Waals surface area contributed by atoms with Gasteiger partial charge >= 0.3 is 0 Å². The van der Waals surface area contributed by atoms with Crippen molar-refractivity contribution in [3.63, 3.8) is 0 Å². The lowest BCUT2D eigenvalue weighted by Gasteiger charge is -2.20. The summed E-state index contributed by atoms with van der Waals surface area (Å²) < 4.78 is 0. The maximum atomic E-state index is 12.2. The Balaban J connectivity index is 1.94. The van der Waals surface area contributed by atoms with Crippen LogP contribution in [0.25, 0.3) is 0 Å². The van der Waals surface area contributed by atoms with E-state index in [0.29, 0.717) is 11.4 Å². The van der Waals surface area contributed by atoms with Crippen LogP contribution in [0.5, 0.6) is 0 Å². The third-order valence-corrected chi connectivity index (χ3v) is 3.90. The third-order valence-electron chi connectivity index (χ3n) is 3.90. The smallest absolute Gasteiger partial charge is 0.267 e. The summed E-state index contributed by atoms with van der Waals surface area (Å²) in [6.07, 6.45) is 2.61. The monoisotopic (exact) mass is 355 g/mol. The molecule has 2 rings (SSSR count). The summed E-state index contributed by atoms with van der Waals surface area (Å²) in [5, 5.41) is 20.1. The first kappa shape index (κ1) is 19.1. The summed E-state index contributed by atoms with van der Waals surface area (Å²) in [5.41, 5.74) is 0.869. The van der Waals surface area contributed by atoms with E-state index >= 15 is 0 Å². The van der Waals surface area contributed by atoms with Gasteiger partial charge in [0.1, 0.15) is 11.6 Å². The Morgan fingerprint density at radius 3 is 2.23 bits per heavy atom. The molecule has 4 N–H and O–H groups in total. The number of benzene rings is 1. The lowest BCUT2D eigenvalue weighted by Crippen LogP contribution is -2.36. The molecule has 0 bridgehead atoms. The molecule has 3 amide bonds. The topological polar surface area (TPSA) is 123 Å². The zero-order valence-corrected chi connectivity index (χ0v) is 14.5. The number of nitrogens with one attached hydrogen (secondary N) is 4. The molecule has 1 aliphatic rings. The Morgan fingerprint density at radius 2 is 1.69 bits per heavy atom. The van der Waals surface area contributed by atoms with Crippen molar-refractivity contribution in [2.75, 3.05) is 23.7 Å². The van der Waals surface area contributed by atoms with Gasteiger partial charge in [-0.2, -0.15) is 5.26 Å². The van der Waals surface area contributed by atoms with Gasteiger partial charge in [-0.1, -0.05) is 0 Å². The highest BCUT2D eigenvalue weighted by Crippen LogP contribution is 2.14. The van der Waals surface area contributed by atoms with Gasteiger partial charge in [-0.05, 0) is 50.2 Å². The highest BCUT2D eigenvalue weighted by atomic mass is 16.2. The third kappa shape index (κ3) is 5.72. The molecule has 0 aromatic heterocycles. The van der Waals surface area contributed by atoms with Crippen molar-refractivity contribution in [2.24, 2.45) is 5.92 Å². The SMILES string of the molecule is CC(=O)Nc1ccc(NC(=O)/C(C#N)=C\NC(=O)C2CCNCC2)cc1. The summed E-state index contributed by atoms with van der Waals surface area (Å²) in [6.45, 7) is 2.96. The molecule has 1 aromatic carbocycles. The molecular weight excluding hydrogens is 334 g/mol. The fourth-order valence-corrected chi connectivity index (χ4v) is 2.53. The molecule has 1 aliphatic heterocycles. The summed E-state index contributed by atoms with van der Waals surface area (Å²) in [7, 11) is 0. The minimum atomic E-state index is -0.620. The zero-order chi connectivity index (χ0) is 18.9. The molecule has 0 atom stereocenters. The minimum absolute atomic E-state index is 0.114. The van der Waals surface area contributed by atoms with E-state index in [9.17, 15) is 14.4 Å². The normalized spacial score (nSPS) is 14.8. The number of anilines is 2. The average molecular weight is 355 g/mol. The van der Waals surface area contributed by atoms with Gasteiger partial charge in [0.2, 0.25) is 11.8 Å². The van der Waals surface area contributed by atoms with Crippen LogP contribution in [0.2, 0.25) is 0 Å². The number of carbonyl (C=O) groups excluding carboxylic acids is 3. The van der Waals surface area contributed by atoms with Crippen LogP contribution in [-0.4, -0.2) is 30.8 Å². The molecule has 0 saturated carbocycles. The molecule has 1 aromatic rings. The molecule has 0 aliphatic carbocycles. The van der Waals surface area contributed by atoms with Gasteiger partial charge in [0.05, 0.1) is 0 Å². The predicted octanol–water partition coefficient (Wildman–Crippen LogP) is 1.11. The van der Waals surface area contributed by atoms with Crippen LogP contribution in [0.4, 0.5) is 11.4 Å². The zero-order valence-electron chi connectivity index (χ0n) is 14.5. The van der Waals surface area contributed by atoms with E-state index in [1.807, 2.05) is 0 Å². The van der Waals surface area contributed by atoms with Gasteiger partial charge in [0.15, 0.2) is 0 Å². The van der Waals surface area contributed by atoms with Gasteiger partial charge in [-0.15, -0.1) is 0 Å². The molecule has 26 heavy (non-hydrogen) atoms. The van der Waals surface area contributed by atoms with E-state index < -0.39 is 5.91 Å². The number of piperidine rings is 1. The van der Waals surface area contributed by atoms with Crippen molar-refractivity contribution in [2.45, 2.75) is 19.8 Å². The molecule has 8 nitrogen and oxygen atoms in total. The second-order valence-corrected chi connectivity index (χ2v) is 5.92. The molecule has 1 fully saturated rings. The van der Waals surface area contributed by atoms with Crippen LogP contribution in [-0.2, 0) is 14.4 Å². The highest BCUT2D eigenvalue weighted by Gasteiger charge is 2.20. The lowest BCUT2D eigenvalue weighted by molar-refractivity contribution is -0.124. The van der Waals surface area contributed by atoms with Crippen LogP contribution in [0.3, 0.4) is 0 Å².